The molecule has 1 fully saturated rings. The van der Waals surface area contributed by atoms with Crippen molar-refractivity contribution in [1.82, 2.24) is 25.0 Å². The molecule has 2 aromatic carbocycles. The lowest BCUT2D eigenvalue weighted by atomic mass is 10.1. The van der Waals surface area contributed by atoms with Crippen LogP contribution in [0.1, 0.15) is 47.4 Å². The maximum atomic E-state index is 12.4. The number of nitrogens with one attached hydrogen (secondary N) is 3. The molecule has 1 aliphatic carbocycles. The van der Waals surface area contributed by atoms with Crippen molar-refractivity contribution in [2.45, 2.75) is 32.7 Å². The van der Waals surface area contributed by atoms with Gasteiger partial charge in [0.2, 0.25) is 0 Å². The highest BCUT2D eigenvalue weighted by atomic mass is 16.2. The number of hydrogen-bond donors (Lipinski definition) is 3. The fourth-order valence-electron chi connectivity index (χ4n) is 4.01. The van der Waals surface area contributed by atoms with Crippen LogP contribution in [0.5, 0.6) is 0 Å². The van der Waals surface area contributed by atoms with Crippen LogP contribution in [0.15, 0.2) is 60.9 Å². The van der Waals surface area contributed by atoms with Crippen molar-refractivity contribution in [3.63, 3.8) is 0 Å². The monoisotopic (exact) mass is 482 g/mol. The third-order valence-corrected chi connectivity index (χ3v) is 6.17. The highest BCUT2D eigenvalue weighted by molar-refractivity contribution is 5.95. The van der Waals surface area contributed by atoms with Crippen LogP contribution in [-0.2, 0) is 0 Å². The number of imidazole rings is 1. The van der Waals surface area contributed by atoms with Crippen molar-refractivity contribution in [1.29, 1.82) is 0 Å². The van der Waals surface area contributed by atoms with E-state index >= 15 is 0 Å². The summed E-state index contributed by atoms with van der Waals surface area (Å²) < 4.78 is 2.01. The van der Waals surface area contributed by atoms with E-state index in [1.165, 1.54) is 0 Å². The topological polar surface area (TPSA) is 100 Å². The number of carbonyl (C=O) groups excluding carboxylic acids is 2. The first-order valence-electron chi connectivity index (χ1n) is 12.3. The van der Waals surface area contributed by atoms with Gasteiger partial charge < -0.3 is 16.0 Å². The lowest BCUT2D eigenvalue weighted by Gasteiger charge is -2.13. The first-order valence-corrected chi connectivity index (χ1v) is 12.3. The van der Waals surface area contributed by atoms with E-state index in [4.69, 9.17) is 4.98 Å². The largest absolute Gasteiger partial charge is 0.367 e. The van der Waals surface area contributed by atoms with Gasteiger partial charge >= 0.3 is 0 Å². The Hall–Kier alpha value is -4.20. The Labute approximate surface area is 210 Å². The highest BCUT2D eigenvalue weighted by Gasteiger charge is 2.24. The smallest absolute Gasteiger partial charge is 0.251 e. The third kappa shape index (κ3) is 4.93. The zero-order chi connectivity index (χ0) is 25.2. The van der Waals surface area contributed by atoms with E-state index in [2.05, 4.69) is 34.8 Å². The van der Waals surface area contributed by atoms with Crippen molar-refractivity contribution in [3.8, 4) is 22.5 Å². The van der Waals surface area contributed by atoms with E-state index < -0.39 is 0 Å². The van der Waals surface area contributed by atoms with Crippen LogP contribution in [0.2, 0.25) is 0 Å². The third-order valence-electron chi connectivity index (χ3n) is 6.17. The first kappa shape index (κ1) is 23.5. The average Bonchev–Trinajstić information content (AvgIpc) is 3.61. The van der Waals surface area contributed by atoms with Crippen LogP contribution in [0.4, 0.5) is 5.82 Å². The van der Waals surface area contributed by atoms with Crippen molar-refractivity contribution in [2.24, 2.45) is 5.92 Å². The number of nitrogens with zero attached hydrogens (tertiary/aromatic N) is 3. The molecule has 0 atom stereocenters. The van der Waals surface area contributed by atoms with Crippen LogP contribution in [-0.4, -0.2) is 45.8 Å². The maximum Gasteiger partial charge on any atom is 0.251 e. The molecule has 8 heteroatoms. The predicted octanol–water partition coefficient (Wildman–Crippen LogP) is 4.38. The summed E-state index contributed by atoms with van der Waals surface area (Å²) in [6.45, 7) is 5.02. The number of hydrogen-bond acceptors (Lipinski definition) is 5. The molecule has 0 radical (unpaired) electrons. The van der Waals surface area contributed by atoms with Crippen LogP contribution >= 0.6 is 0 Å². The van der Waals surface area contributed by atoms with Gasteiger partial charge in [0.05, 0.1) is 17.6 Å². The van der Waals surface area contributed by atoms with Gasteiger partial charge in [-0.1, -0.05) is 38.1 Å². The lowest BCUT2D eigenvalue weighted by molar-refractivity contribution is 0.0947. The molecule has 3 N–H and O–H groups in total. The quantitative estimate of drug-likeness (QED) is 0.346. The molecule has 1 aliphatic rings. The van der Waals surface area contributed by atoms with Gasteiger partial charge in [-0.25, -0.2) is 9.97 Å². The Kier molecular flexibility index (Phi) is 6.41. The second kappa shape index (κ2) is 9.81. The van der Waals surface area contributed by atoms with E-state index in [0.717, 1.165) is 41.9 Å². The summed E-state index contributed by atoms with van der Waals surface area (Å²) in [5.41, 5.74) is 5.31. The number of aromatic nitrogens is 3. The summed E-state index contributed by atoms with van der Waals surface area (Å²) in [5, 5.41) is 9.13. The molecule has 2 amide bonds. The van der Waals surface area contributed by atoms with Gasteiger partial charge in [-0.15, -0.1) is 0 Å². The molecule has 0 bridgehead atoms. The summed E-state index contributed by atoms with van der Waals surface area (Å²) in [6.07, 6.45) is 5.87. The van der Waals surface area contributed by atoms with Gasteiger partial charge in [-0.2, -0.15) is 0 Å². The fourth-order valence-corrected chi connectivity index (χ4v) is 4.01. The summed E-state index contributed by atoms with van der Waals surface area (Å²) >= 11 is 0. The van der Waals surface area contributed by atoms with E-state index in [9.17, 15) is 9.59 Å². The van der Waals surface area contributed by atoms with Crippen molar-refractivity contribution in [2.75, 3.05) is 18.9 Å². The molecule has 8 nitrogen and oxygen atoms in total. The number of rotatable bonds is 8. The van der Waals surface area contributed by atoms with Gasteiger partial charge in [0.1, 0.15) is 0 Å². The molecule has 4 aromatic rings. The fraction of sp³-hybridized carbons (Fsp3) is 0.286. The van der Waals surface area contributed by atoms with Crippen LogP contribution in [0.25, 0.3) is 28.2 Å². The Morgan fingerprint density at radius 2 is 1.81 bits per heavy atom. The minimum absolute atomic E-state index is 0.0372. The van der Waals surface area contributed by atoms with Gasteiger partial charge in [-0.3, -0.25) is 14.0 Å². The second-order valence-corrected chi connectivity index (χ2v) is 9.57. The van der Waals surface area contributed by atoms with Gasteiger partial charge in [0, 0.05) is 48.1 Å². The molecule has 0 aliphatic heterocycles. The SMILES string of the molecule is CNC(=O)c1cccc(-c2cn3c(-c4ccc(C(=O)NC5CC5)cc4)cnc3c(NCC(C)C)n2)c1. The zero-order valence-corrected chi connectivity index (χ0v) is 20.7. The minimum atomic E-state index is -0.148. The van der Waals surface area contributed by atoms with Crippen molar-refractivity contribution >= 4 is 23.3 Å². The van der Waals surface area contributed by atoms with E-state index in [0.29, 0.717) is 34.6 Å². The molecule has 0 unspecified atom stereocenters. The number of amides is 2. The molecule has 2 heterocycles. The Balaban J connectivity index is 1.56. The number of benzene rings is 2. The van der Waals surface area contributed by atoms with E-state index in [1.54, 1.807) is 13.1 Å². The predicted molar refractivity (Wildman–Crippen MR) is 141 cm³/mol. The average molecular weight is 483 g/mol. The molecule has 0 spiro atoms. The summed E-state index contributed by atoms with van der Waals surface area (Å²) in [6, 6.07) is 15.3. The molecule has 0 saturated heterocycles. The molecular formula is C28H30N6O2. The van der Waals surface area contributed by atoms with E-state index in [1.807, 2.05) is 59.3 Å². The van der Waals surface area contributed by atoms with Crippen molar-refractivity contribution in [3.05, 3.63) is 72.1 Å². The molecule has 36 heavy (non-hydrogen) atoms. The van der Waals surface area contributed by atoms with Gasteiger partial charge in [0.25, 0.3) is 11.8 Å². The first-order chi connectivity index (χ1) is 17.4. The standard InChI is InChI=1S/C28H30N6O2/c1-17(2)14-30-25-26-31-15-24(18-7-9-19(10-8-18)28(36)32-22-11-12-22)34(26)16-23(33-25)20-5-4-6-21(13-20)27(35)29-3/h4-10,13,15-17,22H,11-12,14H2,1-3H3,(H,29,35)(H,30,33)(H,32,36). The Morgan fingerprint density at radius 1 is 1.03 bits per heavy atom. The molecule has 5 rings (SSSR count). The zero-order valence-electron chi connectivity index (χ0n) is 20.7. The normalized spacial score (nSPS) is 13.1. The van der Waals surface area contributed by atoms with Crippen LogP contribution < -0.4 is 16.0 Å². The molecule has 184 valence electrons. The Morgan fingerprint density at radius 3 is 2.50 bits per heavy atom. The highest BCUT2D eigenvalue weighted by Crippen LogP contribution is 2.29. The van der Waals surface area contributed by atoms with Crippen molar-refractivity contribution < 1.29 is 9.59 Å². The minimum Gasteiger partial charge on any atom is -0.367 e. The summed E-state index contributed by atoms with van der Waals surface area (Å²) in [4.78, 5) is 34.1. The number of anilines is 1. The lowest BCUT2D eigenvalue weighted by Crippen LogP contribution is -2.25. The maximum absolute atomic E-state index is 12.4. The van der Waals surface area contributed by atoms with Crippen LogP contribution in [0.3, 0.4) is 0 Å². The second-order valence-electron chi connectivity index (χ2n) is 9.57. The summed E-state index contributed by atoms with van der Waals surface area (Å²) in [5.74, 6) is 0.920. The molecular weight excluding hydrogens is 452 g/mol. The molecule has 1 saturated carbocycles. The number of carbonyl (C=O) groups is 2. The molecule has 2 aromatic heterocycles. The van der Waals surface area contributed by atoms with Crippen LogP contribution in [0, 0.1) is 5.92 Å². The number of fused-ring (bicyclic) bond motifs is 1. The Bertz CT molecular complexity index is 1420. The van der Waals surface area contributed by atoms with Gasteiger partial charge in [0.15, 0.2) is 11.5 Å². The van der Waals surface area contributed by atoms with Gasteiger partial charge in [-0.05, 0) is 43.0 Å². The van der Waals surface area contributed by atoms with E-state index in [-0.39, 0.29) is 11.8 Å². The summed E-state index contributed by atoms with van der Waals surface area (Å²) in [7, 11) is 1.62.